The van der Waals surface area contributed by atoms with E-state index < -0.39 is 17.9 Å². The summed E-state index contributed by atoms with van der Waals surface area (Å²) < 4.78 is 56.1. The van der Waals surface area contributed by atoms with Crippen LogP contribution in [0.25, 0.3) is 16.9 Å². The van der Waals surface area contributed by atoms with Gasteiger partial charge >= 0.3 is 6.18 Å². The molecule has 5 rings (SSSR count). The zero-order valence-corrected chi connectivity index (χ0v) is 16.1. The van der Waals surface area contributed by atoms with Crippen LogP contribution in [0, 0.1) is 11.7 Å². The lowest BCUT2D eigenvalue weighted by Gasteiger charge is -2.30. The summed E-state index contributed by atoms with van der Waals surface area (Å²) in [5, 5.41) is 0. The highest BCUT2D eigenvalue weighted by Gasteiger charge is 2.42. The largest absolute Gasteiger partial charge is 0.391 e. The van der Waals surface area contributed by atoms with E-state index in [1.54, 1.807) is 6.33 Å². The zero-order valence-electron chi connectivity index (χ0n) is 16.1. The molecule has 2 heterocycles. The molecule has 2 aromatic heterocycles. The van der Waals surface area contributed by atoms with Gasteiger partial charge in [-0.1, -0.05) is 0 Å². The predicted octanol–water partition coefficient (Wildman–Crippen LogP) is 4.89. The van der Waals surface area contributed by atoms with Crippen LogP contribution < -0.4 is 5.56 Å². The van der Waals surface area contributed by atoms with Gasteiger partial charge in [-0.2, -0.15) is 13.2 Å². The summed E-state index contributed by atoms with van der Waals surface area (Å²) in [6, 6.07) is 5.72. The minimum absolute atomic E-state index is 0.00732. The molecular weight excluding hydrogens is 400 g/mol. The van der Waals surface area contributed by atoms with Gasteiger partial charge in [0, 0.05) is 12.0 Å². The Morgan fingerprint density at radius 3 is 2.23 bits per heavy atom. The maximum absolute atomic E-state index is 13.4. The fourth-order valence-corrected chi connectivity index (χ4v) is 4.40. The summed E-state index contributed by atoms with van der Waals surface area (Å²) in [4.78, 5) is 22.3. The maximum atomic E-state index is 13.4. The molecule has 0 N–H and O–H groups in total. The molecule has 0 saturated heterocycles. The molecule has 0 aliphatic heterocycles. The average Bonchev–Trinajstić information content (AvgIpc) is 3.47. The smallest absolute Gasteiger partial charge is 0.312 e. The van der Waals surface area contributed by atoms with E-state index in [-0.39, 0.29) is 35.9 Å². The minimum atomic E-state index is -4.20. The number of benzene rings is 1. The number of nitrogens with zero attached hydrogens (tertiary/aromatic N) is 4. The van der Waals surface area contributed by atoms with E-state index in [0.717, 1.165) is 12.8 Å². The molecule has 0 amide bonds. The van der Waals surface area contributed by atoms with E-state index in [1.165, 1.54) is 28.8 Å². The van der Waals surface area contributed by atoms with Crippen LogP contribution in [0.1, 0.15) is 56.3 Å². The Kier molecular flexibility index (Phi) is 4.44. The van der Waals surface area contributed by atoms with Crippen LogP contribution in [0.3, 0.4) is 0 Å². The summed E-state index contributed by atoms with van der Waals surface area (Å²) in [6.45, 7) is 0. The van der Waals surface area contributed by atoms with Gasteiger partial charge in [-0.25, -0.2) is 14.4 Å². The Bertz CT molecular complexity index is 1140. The Labute approximate surface area is 169 Å². The highest BCUT2D eigenvalue weighted by Crippen LogP contribution is 2.43. The van der Waals surface area contributed by atoms with Crippen LogP contribution in [-0.4, -0.2) is 25.3 Å². The van der Waals surface area contributed by atoms with Crippen molar-refractivity contribution in [3.8, 4) is 5.69 Å². The molecule has 0 bridgehead atoms. The summed E-state index contributed by atoms with van der Waals surface area (Å²) in [7, 11) is 0. The molecule has 2 aliphatic rings. The lowest BCUT2D eigenvalue weighted by atomic mass is 9.81. The molecule has 1 aromatic carbocycles. The monoisotopic (exact) mass is 420 g/mol. The number of halogens is 4. The molecule has 2 aliphatic carbocycles. The van der Waals surface area contributed by atoms with Crippen molar-refractivity contribution < 1.29 is 17.6 Å². The molecule has 0 atom stereocenters. The van der Waals surface area contributed by atoms with E-state index in [9.17, 15) is 22.4 Å². The number of fused-ring (bicyclic) bond motifs is 1. The van der Waals surface area contributed by atoms with Gasteiger partial charge in [0.1, 0.15) is 11.6 Å². The molecule has 158 valence electrons. The molecule has 5 nitrogen and oxygen atoms in total. The van der Waals surface area contributed by atoms with Gasteiger partial charge in [0.25, 0.3) is 5.56 Å². The Morgan fingerprint density at radius 1 is 0.967 bits per heavy atom. The molecule has 0 spiro atoms. The van der Waals surface area contributed by atoms with Crippen molar-refractivity contribution in [1.29, 1.82) is 0 Å². The number of rotatable bonds is 3. The highest BCUT2D eigenvalue weighted by atomic mass is 19.4. The molecule has 3 aromatic rings. The number of imidazole rings is 1. The molecule has 0 radical (unpaired) electrons. The van der Waals surface area contributed by atoms with E-state index in [1.807, 2.05) is 4.57 Å². The second kappa shape index (κ2) is 6.92. The number of aromatic nitrogens is 4. The molecule has 9 heteroatoms. The Hall–Kier alpha value is -2.71. The lowest BCUT2D eigenvalue weighted by molar-refractivity contribution is -0.182. The first-order valence-corrected chi connectivity index (χ1v) is 10.1. The molecule has 0 unspecified atom stereocenters. The summed E-state index contributed by atoms with van der Waals surface area (Å²) in [5.74, 6) is -1.61. The third kappa shape index (κ3) is 3.30. The van der Waals surface area contributed by atoms with Gasteiger partial charge in [-0.15, -0.1) is 0 Å². The van der Waals surface area contributed by atoms with Gasteiger partial charge in [0.2, 0.25) is 0 Å². The van der Waals surface area contributed by atoms with Crippen LogP contribution in [0.2, 0.25) is 0 Å². The number of hydrogen-bond donors (Lipinski definition) is 0. The fraction of sp³-hybridized carbons (Fsp3) is 0.476. The van der Waals surface area contributed by atoms with Crippen molar-refractivity contribution in [3.63, 3.8) is 0 Å². The molecular formula is C21H20F4N4O. The first-order chi connectivity index (χ1) is 14.3. The van der Waals surface area contributed by atoms with Crippen molar-refractivity contribution in [2.45, 2.75) is 56.7 Å². The third-order valence-corrected chi connectivity index (χ3v) is 6.20. The van der Waals surface area contributed by atoms with Crippen LogP contribution in [-0.2, 0) is 0 Å². The number of hydrogen-bond acceptors (Lipinski definition) is 3. The van der Waals surface area contributed by atoms with E-state index in [4.69, 9.17) is 4.98 Å². The van der Waals surface area contributed by atoms with E-state index >= 15 is 0 Å². The minimum Gasteiger partial charge on any atom is -0.312 e. The van der Waals surface area contributed by atoms with Gasteiger partial charge in [0.15, 0.2) is 11.2 Å². The standard InChI is InChI=1S/C21H20F4N4O/c22-14-5-7-16(8-6-14)29-18(12-1-3-13(4-2-12)21(23,24)25)27-19-17(20(29)30)26-11-28(19)15-9-10-15/h5-8,11-13,15H,1-4,9-10H2. The van der Waals surface area contributed by atoms with Crippen LogP contribution in [0.4, 0.5) is 17.6 Å². The normalized spacial score (nSPS) is 22.5. The first-order valence-electron chi connectivity index (χ1n) is 10.1. The van der Waals surface area contributed by atoms with Crippen LogP contribution >= 0.6 is 0 Å². The topological polar surface area (TPSA) is 52.7 Å². The quantitative estimate of drug-likeness (QED) is 0.567. The van der Waals surface area contributed by atoms with Crippen molar-refractivity contribution >= 4 is 11.2 Å². The Balaban J connectivity index is 1.63. The van der Waals surface area contributed by atoms with Crippen molar-refractivity contribution in [2.24, 2.45) is 5.92 Å². The van der Waals surface area contributed by atoms with Gasteiger partial charge in [-0.05, 0) is 62.8 Å². The summed E-state index contributed by atoms with van der Waals surface area (Å²) >= 11 is 0. The number of alkyl halides is 3. The summed E-state index contributed by atoms with van der Waals surface area (Å²) in [5.41, 5.74) is 0.761. The highest BCUT2D eigenvalue weighted by molar-refractivity contribution is 5.70. The van der Waals surface area contributed by atoms with Crippen LogP contribution in [0.5, 0.6) is 0 Å². The van der Waals surface area contributed by atoms with Gasteiger partial charge < -0.3 is 4.57 Å². The fourth-order valence-electron chi connectivity index (χ4n) is 4.40. The third-order valence-electron chi connectivity index (χ3n) is 6.20. The molecule has 2 saturated carbocycles. The van der Waals surface area contributed by atoms with Crippen molar-refractivity contribution in [1.82, 2.24) is 19.1 Å². The first kappa shape index (κ1) is 19.3. The molecule has 30 heavy (non-hydrogen) atoms. The van der Waals surface area contributed by atoms with Crippen molar-refractivity contribution in [3.05, 3.63) is 52.6 Å². The average molecular weight is 420 g/mol. The van der Waals surface area contributed by atoms with E-state index in [2.05, 4.69) is 4.98 Å². The van der Waals surface area contributed by atoms with Gasteiger partial charge in [0.05, 0.1) is 17.9 Å². The maximum Gasteiger partial charge on any atom is 0.391 e. The van der Waals surface area contributed by atoms with Crippen molar-refractivity contribution in [2.75, 3.05) is 0 Å². The summed E-state index contributed by atoms with van der Waals surface area (Å²) in [6.07, 6.45) is -0.0252. The molecule has 2 fully saturated rings. The second-order valence-corrected chi connectivity index (χ2v) is 8.23. The van der Waals surface area contributed by atoms with E-state index in [0.29, 0.717) is 30.0 Å². The van der Waals surface area contributed by atoms with Crippen LogP contribution in [0.15, 0.2) is 35.4 Å². The SMILES string of the molecule is O=c1c2ncn(C3CC3)c2nc(C2CCC(C(F)(F)F)CC2)n1-c1ccc(F)cc1. The Morgan fingerprint density at radius 2 is 1.63 bits per heavy atom. The zero-order chi connectivity index (χ0) is 21.0. The predicted molar refractivity (Wildman–Crippen MR) is 102 cm³/mol. The van der Waals surface area contributed by atoms with Gasteiger partial charge in [-0.3, -0.25) is 9.36 Å². The lowest BCUT2D eigenvalue weighted by Crippen LogP contribution is -2.31. The second-order valence-electron chi connectivity index (χ2n) is 8.23.